The van der Waals surface area contributed by atoms with E-state index in [9.17, 15) is 14.9 Å². The lowest BCUT2D eigenvalue weighted by atomic mass is 10.0. The molecular formula is C22H22IN3O3. The number of likely N-dealkylation sites (tertiary alicyclic amines) is 1. The van der Waals surface area contributed by atoms with Gasteiger partial charge in [0.2, 0.25) is 0 Å². The Hall–Kier alpha value is -2.26. The van der Waals surface area contributed by atoms with Gasteiger partial charge in [-0.3, -0.25) is 14.9 Å². The number of para-hydroxylation sites is 1. The van der Waals surface area contributed by atoms with Crippen LogP contribution in [0.2, 0.25) is 0 Å². The van der Waals surface area contributed by atoms with Gasteiger partial charge in [0, 0.05) is 56.5 Å². The van der Waals surface area contributed by atoms with Gasteiger partial charge in [-0.2, -0.15) is 0 Å². The zero-order valence-electron chi connectivity index (χ0n) is 16.2. The monoisotopic (exact) mass is 503 g/mol. The number of non-ortho nitro benzene ring substituents is 1. The Labute approximate surface area is 182 Å². The number of nitro benzene ring substituents is 1. The molecule has 7 heteroatoms. The second-order valence-electron chi connectivity index (χ2n) is 7.59. The third-order valence-corrected chi connectivity index (χ3v) is 6.71. The molecule has 0 aliphatic carbocycles. The fraction of sp³-hybridized carbons (Fsp3) is 0.318. The average Bonchev–Trinajstić information content (AvgIpc) is 3.08. The molecule has 0 saturated carbocycles. The van der Waals surface area contributed by atoms with E-state index < -0.39 is 4.92 Å². The number of aromatic nitrogens is 1. The molecule has 1 aliphatic heterocycles. The fourth-order valence-electron chi connectivity index (χ4n) is 4.13. The maximum atomic E-state index is 13.4. The van der Waals surface area contributed by atoms with E-state index in [0.29, 0.717) is 20.7 Å². The van der Waals surface area contributed by atoms with Crippen molar-refractivity contribution in [1.29, 1.82) is 0 Å². The standard InChI is InChI=1S/C22H22IN3O3/c1-24-11-5-4-6-16(24)13-25-14-19(17-7-2-3-8-21(17)25)22(27)18-12-15(26(28)29)9-10-20(18)23/h2-3,7-10,12,14,16H,4-6,11,13H2,1H3/t16-/m1/s1. The van der Waals surface area contributed by atoms with Gasteiger partial charge in [0.05, 0.1) is 4.92 Å². The molecule has 4 rings (SSSR count). The SMILES string of the molecule is CN1CCCC[C@@H]1Cn1cc(C(=O)c2cc([N+](=O)[O-])ccc2I)c2ccccc21. The Kier molecular flexibility index (Phi) is 5.69. The van der Waals surface area contributed by atoms with E-state index in [2.05, 4.69) is 39.1 Å². The second kappa shape index (κ2) is 8.23. The highest BCUT2D eigenvalue weighted by molar-refractivity contribution is 14.1. The predicted molar refractivity (Wildman–Crippen MR) is 121 cm³/mol. The molecule has 6 nitrogen and oxygen atoms in total. The number of hydrogen-bond acceptors (Lipinski definition) is 4. The number of carbonyl (C=O) groups is 1. The number of fused-ring (bicyclic) bond motifs is 1. The van der Waals surface area contributed by atoms with E-state index in [1.165, 1.54) is 25.0 Å². The normalized spacial score (nSPS) is 17.5. The third-order valence-electron chi connectivity index (χ3n) is 5.77. The van der Waals surface area contributed by atoms with E-state index in [4.69, 9.17) is 0 Å². The van der Waals surface area contributed by atoms with Crippen molar-refractivity contribution in [3.63, 3.8) is 0 Å². The Morgan fingerprint density at radius 1 is 1.21 bits per heavy atom. The minimum atomic E-state index is -0.463. The quantitative estimate of drug-likeness (QED) is 0.216. The lowest BCUT2D eigenvalue weighted by Gasteiger charge is -2.32. The topological polar surface area (TPSA) is 68.4 Å². The summed E-state index contributed by atoms with van der Waals surface area (Å²) in [4.78, 5) is 26.5. The lowest BCUT2D eigenvalue weighted by Crippen LogP contribution is -2.39. The van der Waals surface area contributed by atoms with Crippen LogP contribution in [0, 0.1) is 13.7 Å². The van der Waals surface area contributed by atoms with Gasteiger partial charge in [-0.05, 0) is 61.2 Å². The summed E-state index contributed by atoms with van der Waals surface area (Å²) in [5, 5.41) is 12.1. The fourth-order valence-corrected chi connectivity index (χ4v) is 4.71. The van der Waals surface area contributed by atoms with Gasteiger partial charge >= 0.3 is 0 Å². The summed E-state index contributed by atoms with van der Waals surface area (Å²) >= 11 is 2.06. The molecule has 1 atom stereocenters. The number of carbonyl (C=O) groups excluding carboxylic acids is 1. The van der Waals surface area contributed by atoms with Crippen LogP contribution in [0.3, 0.4) is 0 Å². The molecule has 0 spiro atoms. The Balaban J connectivity index is 1.76. The minimum Gasteiger partial charge on any atom is -0.345 e. The third kappa shape index (κ3) is 3.93. The highest BCUT2D eigenvalue weighted by Gasteiger charge is 2.24. The molecule has 3 aromatic rings. The maximum Gasteiger partial charge on any atom is 0.270 e. The van der Waals surface area contributed by atoms with Crippen LogP contribution in [0.25, 0.3) is 10.9 Å². The molecule has 0 amide bonds. The highest BCUT2D eigenvalue weighted by atomic mass is 127. The summed E-state index contributed by atoms with van der Waals surface area (Å²) in [7, 11) is 2.16. The van der Waals surface area contributed by atoms with Crippen LogP contribution >= 0.6 is 22.6 Å². The van der Waals surface area contributed by atoms with Crippen LogP contribution in [-0.2, 0) is 6.54 Å². The number of ketones is 1. The van der Waals surface area contributed by atoms with E-state index in [-0.39, 0.29) is 11.5 Å². The van der Waals surface area contributed by atoms with Crippen molar-refractivity contribution in [3.8, 4) is 0 Å². The lowest BCUT2D eigenvalue weighted by molar-refractivity contribution is -0.384. The van der Waals surface area contributed by atoms with Gasteiger partial charge in [0.15, 0.2) is 5.78 Å². The van der Waals surface area contributed by atoms with E-state index in [1.54, 1.807) is 6.07 Å². The molecule has 0 N–H and O–H groups in total. The largest absolute Gasteiger partial charge is 0.345 e. The molecule has 0 bridgehead atoms. The summed E-state index contributed by atoms with van der Waals surface area (Å²) < 4.78 is 2.88. The van der Waals surface area contributed by atoms with Crippen LogP contribution in [0.5, 0.6) is 0 Å². The number of likely N-dealkylation sites (N-methyl/N-ethyl adjacent to an activating group) is 1. The summed E-state index contributed by atoms with van der Waals surface area (Å²) in [6.45, 7) is 1.93. The Morgan fingerprint density at radius 3 is 2.76 bits per heavy atom. The zero-order chi connectivity index (χ0) is 20.5. The molecule has 2 aromatic carbocycles. The number of rotatable bonds is 5. The first-order valence-electron chi connectivity index (χ1n) is 9.72. The number of halogens is 1. The smallest absolute Gasteiger partial charge is 0.270 e. The predicted octanol–water partition coefficient (Wildman–Crippen LogP) is 4.87. The minimum absolute atomic E-state index is 0.0682. The zero-order valence-corrected chi connectivity index (χ0v) is 18.3. The second-order valence-corrected chi connectivity index (χ2v) is 8.76. The van der Waals surface area contributed by atoms with E-state index in [0.717, 1.165) is 30.4 Å². The van der Waals surface area contributed by atoms with Crippen LogP contribution in [0.15, 0.2) is 48.7 Å². The average molecular weight is 503 g/mol. The molecule has 1 fully saturated rings. The molecule has 0 unspecified atom stereocenters. The van der Waals surface area contributed by atoms with Gasteiger partial charge in [0.25, 0.3) is 5.69 Å². The molecule has 29 heavy (non-hydrogen) atoms. The highest BCUT2D eigenvalue weighted by Crippen LogP contribution is 2.29. The van der Waals surface area contributed by atoms with Crippen molar-refractivity contribution in [3.05, 3.63) is 73.5 Å². The molecule has 150 valence electrons. The van der Waals surface area contributed by atoms with Gasteiger partial charge in [-0.25, -0.2) is 0 Å². The molecular weight excluding hydrogens is 481 g/mol. The van der Waals surface area contributed by atoms with Crippen molar-refractivity contribution < 1.29 is 9.72 Å². The van der Waals surface area contributed by atoms with Crippen molar-refractivity contribution in [2.75, 3.05) is 13.6 Å². The van der Waals surface area contributed by atoms with E-state index in [1.807, 2.05) is 30.5 Å². The molecule has 1 aliphatic rings. The van der Waals surface area contributed by atoms with Crippen molar-refractivity contribution in [2.24, 2.45) is 0 Å². The summed E-state index contributed by atoms with van der Waals surface area (Å²) in [6.07, 6.45) is 5.53. The van der Waals surface area contributed by atoms with Crippen molar-refractivity contribution in [1.82, 2.24) is 9.47 Å². The van der Waals surface area contributed by atoms with Gasteiger partial charge in [-0.15, -0.1) is 0 Å². The van der Waals surface area contributed by atoms with Crippen LogP contribution < -0.4 is 0 Å². The van der Waals surface area contributed by atoms with Crippen molar-refractivity contribution >= 4 is 45.0 Å². The molecule has 2 heterocycles. The van der Waals surface area contributed by atoms with Crippen LogP contribution in [-0.4, -0.2) is 39.8 Å². The summed E-state index contributed by atoms with van der Waals surface area (Å²) in [5.74, 6) is -0.176. The number of nitrogens with zero attached hydrogens (tertiary/aromatic N) is 3. The Bertz CT molecular complexity index is 1090. The van der Waals surface area contributed by atoms with Crippen molar-refractivity contribution in [2.45, 2.75) is 31.8 Å². The summed E-state index contributed by atoms with van der Waals surface area (Å²) in [5.41, 5.74) is 1.92. The van der Waals surface area contributed by atoms with Crippen LogP contribution in [0.4, 0.5) is 5.69 Å². The van der Waals surface area contributed by atoms with E-state index >= 15 is 0 Å². The number of hydrogen-bond donors (Lipinski definition) is 0. The van der Waals surface area contributed by atoms with Gasteiger partial charge < -0.3 is 9.47 Å². The summed E-state index contributed by atoms with van der Waals surface area (Å²) in [6, 6.07) is 12.8. The molecule has 0 radical (unpaired) electrons. The number of nitro groups is 1. The first-order valence-corrected chi connectivity index (χ1v) is 10.8. The first kappa shape index (κ1) is 20.0. The molecule has 1 aromatic heterocycles. The Morgan fingerprint density at radius 2 is 2.00 bits per heavy atom. The number of piperidine rings is 1. The van der Waals surface area contributed by atoms with Crippen LogP contribution in [0.1, 0.15) is 35.2 Å². The molecule has 1 saturated heterocycles. The van der Waals surface area contributed by atoms with Gasteiger partial charge in [-0.1, -0.05) is 24.6 Å². The van der Waals surface area contributed by atoms with Gasteiger partial charge in [0.1, 0.15) is 0 Å². The first-order chi connectivity index (χ1) is 14.0. The maximum absolute atomic E-state index is 13.4. The number of benzene rings is 2.